The Morgan fingerprint density at radius 3 is 2.55 bits per heavy atom. The molecule has 12 heteroatoms. The first-order valence-electron chi connectivity index (χ1n) is 9.85. The number of carbonyl (C=O) groups is 2. The van der Waals surface area contributed by atoms with Gasteiger partial charge in [-0.05, 0) is 24.5 Å². The van der Waals surface area contributed by atoms with E-state index >= 15 is 0 Å². The van der Waals surface area contributed by atoms with E-state index in [4.69, 9.17) is 0 Å². The molecular weight excluding hydrogens is 501 g/mol. The zero-order valence-corrected chi connectivity index (χ0v) is 21.5. The highest BCUT2D eigenvalue weighted by molar-refractivity contribution is 7.98. The summed E-state index contributed by atoms with van der Waals surface area (Å²) >= 11 is 3.89. The third-order valence-corrected chi connectivity index (χ3v) is 8.89. The molecule has 2 amide bonds. The minimum Gasteiger partial charge on any atom is -0.339 e. The first-order valence-corrected chi connectivity index (χ1v) is 14.4. The zero-order valence-electron chi connectivity index (χ0n) is 18.3. The molecule has 8 nitrogen and oxygen atoms in total. The lowest BCUT2D eigenvalue weighted by Gasteiger charge is -2.17. The highest BCUT2D eigenvalue weighted by atomic mass is 32.2. The largest absolute Gasteiger partial charge is 0.339 e. The fourth-order valence-electron chi connectivity index (χ4n) is 2.78. The molecule has 2 heterocycles. The number of thiazole rings is 1. The number of thiophene rings is 1. The van der Waals surface area contributed by atoms with Crippen molar-refractivity contribution in [2.24, 2.45) is 0 Å². The lowest BCUT2D eigenvalue weighted by molar-refractivity contribution is -0.118. The number of hydrogen-bond donors (Lipinski definition) is 2. The van der Waals surface area contributed by atoms with Gasteiger partial charge in [-0.1, -0.05) is 30.3 Å². The quantitative estimate of drug-likeness (QED) is 0.419. The predicted molar refractivity (Wildman–Crippen MR) is 136 cm³/mol. The summed E-state index contributed by atoms with van der Waals surface area (Å²) in [6, 6.07) is 10.2. The van der Waals surface area contributed by atoms with Crippen LogP contribution in [0.2, 0.25) is 0 Å². The molecule has 1 aromatic carbocycles. The van der Waals surface area contributed by atoms with Gasteiger partial charge in [0, 0.05) is 30.4 Å². The summed E-state index contributed by atoms with van der Waals surface area (Å²) in [5.74, 6) is -0.203. The van der Waals surface area contributed by atoms with Crippen LogP contribution in [0.3, 0.4) is 0 Å². The molecule has 33 heavy (non-hydrogen) atoms. The maximum absolute atomic E-state index is 12.9. The van der Waals surface area contributed by atoms with E-state index in [1.54, 1.807) is 11.8 Å². The van der Waals surface area contributed by atoms with Crippen molar-refractivity contribution in [2.45, 2.75) is 17.4 Å². The van der Waals surface area contributed by atoms with Crippen molar-refractivity contribution in [1.82, 2.24) is 14.6 Å². The first-order chi connectivity index (χ1) is 15.7. The van der Waals surface area contributed by atoms with E-state index in [2.05, 4.69) is 15.6 Å². The Labute approximate surface area is 205 Å². The standard InChI is InChI=1S/C21H24N4O4S4/c1-25(2)33(28,29)15-11-18(31-12-15)20(27)22-16(9-10-30-3)19(26)24-21-23-17(13-32-21)14-7-5-4-6-8-14/h4-8,11-13,16H,9-10H2,1-3H3,(H,22,27)(H,23,24,26)/t16-/m0/s1. The number of nitrogens with one attached hydrogen (secondary N) is 2. The van der Waals surface area contributed by atoms with E-state index in [1.165, 1.54) is 36.9 Å². The molecule has 0 unspecified atom stereocenters. The van der Waals surface area contributed by atoms with Crippen LogP contribution < -0.4 is 10.6 Å². The second kappa shape index (κ2) is 11.3. The maximum atomic E-state index is 12.9. The molecule has 2 N–H and O–H groups in total. The third kappa shape index (κ3) is 6.42. The van der Waals surface area contributed by atoms with Crippen LogP contribution in [0, 0.1) is 0 Å². The fraction of sp³-hybridized carbons (Fsp3) is 0.286. The molecule has 0 aliphatic carbocycles. The Morgan fingerprint density at radius 2 is 1.88 bits per heavy atom. The molecule has 3 aromatic rings. The SMILES string of the molecule is CSCC[C@H](NC(=O)c1cc(S(=O)(=O)N(C)C)cs1)C(=O)Nc1nc(-c2ccccc2)cs1. The molecule has 176 valence electrons. The van der Waals surface area contributed by atoms with Crippen LogP contribution in [0.1, 0.15) is 16.1 Å². The van der Waals surface area contributed by atoms with Crippen LogP contribution in [0.15, 0.2) is 52.1 Å². The summed E-state index contributed by atoms with van der Waals surface area (Å²) in [5, 5.41) is 9.24. The monoisotopic (exact) mass is 524 g/mol. The topological polar surface area (TPSA) is 108 Å². The number of rotatable bonds is 10. The Hall–Kier alpha value is -2.25. The highest BCUT2D eigenvalue weighted by Crippen LogP contribution is 2.25. The van der Waals surface area contributed by atoms with E-state index in [0.29, 0.717) is 17.3 Å². The molecule has 0 fully saturated rings. The number of amides is 2. The molecule has 3 rings (SSSR count). The van der Waals surface area contributed by atoms with Crippen molar-refractivity contribution in [1.29, 1.82) is 0 Å². The lowest BCUT2D eigenvalue weighted by Crippen LogP contribution is -2.44. The Balaban J connectivity index is 1.71. The number of carbonyl (C=O) groups excluding carboxylic acids is 2. The molecule has 0 aliphatic rings. The van der Waals surface area contributed by atoms with E-state index in [0.717, 1.165) is 26.9 Å². The van der Waals surface area contributed by atoms with Crippen LogP contribution in [-0.4, -0.2) is 61.7 Å². The number of sulfonamides is 1. The smallest absolute Gasteiger partial charge is 0.262 e. The molecule has 1 atom stereocenters. The van der Waals surface area contributed by atoms with E-state index in [-0.39, 0.29) is 15.7 Å². The molecule has 2 aromatic heterocycles. The van der Waals surface area contributed by atoms with Crippen LogP contribution >= 0.6 is 34.4 Å². The minimum atomic E-state index is -3.64. The maximum Gasteiger partial charge on any atom is 0.262 e. The normalized spacial score (nSPS) is 12.5. The summed E-state index contributed by atoms with van der Waals surface area (Å²) in [7, 11) is -0.780. The van der Waals surface area contributed by atoms with Crippen molar-refractivity contribution in [3.63, 3.8) is 0 Å². The number of thioether (sulfide) groups is 1. The van der Waals surface area contributed by atoms with Gasteiger partial charge in [-0.2, -0.15) is 11.8 Å². The Bertz CT molecular complexity index is 1210. The van der Waals surface area contributed by atoms with Gasteiger partial charge in [0.25, 0.3) is 5.91 Å². The first kappa shape index (κ1) is 25.4. The van der Waals surface area contributed by atoms with Gasteiger partial charge in [-0.3, -0.25) is 9.59 Å². The molecule has 0 bridgehead atoms. The molecule has 0 saturated heterocycles. The average Bonchev–Trinajstić information content (AvgIpc) is 3.47. The minimum absolute atomic E-state index is 0.0454. The predicted octanol–water partition coefficient (Wildman–Crippen LogP) is 3.61. The van der Waals surface area contributed by atoms with Crippen LogP contribution in [0.5, 0.6) is 0 Å². The van der Waals surface area contributed by atoms with Gasteiger partial charge >= 0.3 is 0 Å². The van der Waals surface area contributed by atoms with Gasteiger partial charge in [0.05, 0.1) is 15.5 Å². The molecule has 0 radical (unpaired) electrons. The van der Waals surface area contributed by atoms with Gasteiger partial charge in [-0.15, -0.1) is 22.7 Å². The Kier molecular flexibility index (Phi) is 8.65. The zero-order chi connectivity index (χ0) is 24.0. The van der Waals surface area contributed by atoms with E-state index in [1.807, 2.05) is 42.0 Å². The number of nitrogens with zero attached hydrogens (tertiary/aromatic N) is 2. The van der Waals surface area contributed by atoms with Crippen molar-refractivity contribution in [3.8, 4) is 11.3 Å². The number of aromatic nitrogens is 1. The summed E-state index contributed by atoms with van der Waals surface area (Å²) in [4.78, 5) is 30.4. The third-order valence-electron chi connectivity index (χ3n) is 4.61. The Morgan fingerprint density at radius 1 is 1.15 bits per heavy atom. The number of hydrogen-bond acceptors (Lipinski definition) is 8. The summed E-state index contributed by atoms with van der Waals surface area (Å²) < 4.78 is 25.6. The fourth-order valence-corrected chi connectivity index (χ4v) is 6.04. The summed E-state index contributed by atoms with van der Waals surface area (Å²) in [5.41, 5.74) is 1.71. The second-order valence-electron chi connectivity index (χ2n) is 7.13. The summed E-state index contributed by atoms with van der Waals surface area (Å²) in [6.45, 7) is 0. The second-order valence-corrected chi connectivity index (χ2v) is 12.0. The molecule has 0 aliphatic heterocycles. The molecule has 0 saturated carbocycles. The van der Waals surface area contributed by atoms with Crippen molar-refractivity contribution >= 4 is 61.4 Å². The summed E-state index contributed by atoms with van der Waals surface area (Å²) in [6.07, 6.45) is 2.34. The van der Waals surface area contributed by atoms with Crippen molar-refractivity contribution in [2.75, 3.05) is 31.4 Å². The molecular formula is C21H24N4O4S4. The van der Waals surface area contributed by atoms with Gasteiger partial charge in [0.1, 0.15) is 6.04 Å². The number of anilines is 1. The van der Waals surface area contributed by atoms with E-state index < -0.39 is 22.0 Å². The van der Waals surface area contributed by atoms with Gasteiger partial charge < -0.3 is 10.6 Å². The van der Waals surface area contributed by atoms with Gasteiger partial charge in [0.15, 0.2) is 5.13 Å². The van der Waals surface area contributed by atoms with Crippen LogP contribution in [-0.2, 0) is 14.8 Å². The number of benzene rings is 1. The van der Waals surface area contributed by atoms with Crippen LogP contribution in [0.25, 0.3) is 11.3 Å². The van der Waals surface area contributed by atoms with Gasteiger partial charge in [0.2, 0.25) is 15.9 Å². The van der Waals surface area contributed by atoms with Crippen LogP contribution in [0.4, 0.5) is 5.13 Å². The molecule has 0 spiro atoms. The van der Waals surface area contributed by atoms with Gasteiger partial charge in [-0.25, -0.2) is 17.7 Å². The van der Waals surface area contributed by atoms with Crippen molar-refractivity contribution < 1.29 is 18.0 Å². The average molecular weight is 525 g/mol. The van der Waals surface area contributed by atoms with E-state index in [9.17, 15) is 18.0 Å². The van der Waals surface area contributed by atoms with Crippen molar-refractivity contribution in [3.05, 3.63) is 52.0 Å². The lowest BCUT2D eigenvalue weighted by atomic mass is 10.2. The highest BCUT2D eigenvalue weighted by Gasteiger charge is 2.25.